The molecule has 1 aliphatic heterocycles. The lowest BCUT2D eigenvalue weighted by molar-refractivity contribution is 0.277. The molecule has 28 heteroatoms. The van der Waals surface area contributed by atoms with Crippen LogP contribution in [0.15, 0.2) is 195 Å². The van der Waals surface area contributed by atoms with E-state index in [0.717, 1.165) is 124 Å². The van der Waals surface area contributed by atoms with Crippen molar-refractivity contribution < 1.29 is 61.1 Å². The average molecular weight is 1610 g/mol. The fourth-order valence-corrected chi connectivity index (χ4v) is 13.8. The van der Waals surface area contributed by atoms with Gasteiger partial charge < -0.3 is 81.3 Å². The van der Waals surface area contributed by atoms with Gasteiger partial charge in [0.2, 0.25) is 23.3 Å². The lowest BCUT2D eigenvalue weighted by atomic mass is 10.1. The summed E-state index contributed by atoms with van der Waals surface area (Å²) in [5.41, 5.74) is 11.5. The number of nitrogens with one attached hydrogen (secondary N) is 3. The number of aliphatic hydroxyl groups excluding tert-OH is 1. The van der Waals surface area contributed by atoms with Crippen LogP contribution in [-0.4, -0.2) is 168 Å². The maximum atomic E-state index is 9.19. The van der Waals surface area contributed by atoms with Gasteiger partial charge in [-0.3, -0.25) is 14.9 Å². The van der Waals surface area contributed by atoms with Crippen molar-refractivity contribution in [2.45, 2.75) is 102 Å². The molecule has 1 fully saturated rings. The molecule has 119 heavy (non-hydrogen) atoms. The molecule has 0 bridgehead atoms. The van der Waals surface area contributed by atoms with Gasteiger partial charge >= 0.3 is 0 Å². The SMILES string of the molecule is CCOc1ccc(-c2nc(-c3cc4ccccc4cn3)no2)cc1OCC.CCOc1ccc(-c2nc(-c3cccc4[nH]cc(CN5CCCC5)c34)no2)cc1OCC.CCOc1ccc(-c2nc(-c3cccc4[nH]cc(CNCCN(CC)CC)c34)no2)cc1OCC.CCOc1ccc(-c2nc(-c3ccnc(CO)c3)no2)cc1OCC. The van der Waals surface area contributed by atoms with E-state index >= 15 is 0 Å². The van der Waals surface area contributed by atoms with Gasteiger partial charge in [0.15, 0.2) is 46.0 Å². The molecule has 28 nitrogen and oxygen atoms in total. The molecule has 0 atom stereocenters. The summed E-state index contributed by atoms with van der Waals surface area (Å²) in [4.78, 5) is 38.5. The Morgan fingerprint density at radius 3 is 1.30 bits per heavy atom. The zero-order valence-electron chi connectivity index (χ0n) is 68.9. The Bertz CT molecular complexity index is 5740. The predicted molar refractivity (Wildman–Crippen MR) is 457 cm³/mol. The van der Waals surface area contributed by atoms with Crippen molar-refractivity contribution in [1.29, 1.82) is 0 Å². The van der Waals surface area contributed by atoms with Crippen molar-refractivity contribution in [2.75, 3.05) is 92.1 Å². The van der Waals surface area contributed by atoms with Crippen LogP contribution < -0.4 is 43.2 Å². The van der Waals surface area contributed by atoms with Crippen molar-refractivity contribution in [2.24, 2.45) is 0 Å². The Hall–Kier alpha value is -13.0. The first kappa shape index (κ1) is 83.9. The largest absolute Gasteiger partial charge is 0.490 e. The number of H-pyrrole nitrogens is 2. The highest BCUT2D eigenvalue weighted by molar-refractivity contribution is 5.97. The second-order valence-corrected chi connectivity index (χ2v) is 27.2. The molecule has 0 aliphatic carbocycles. The van der Waals surface area contributed by atoms with E-state index in [1.165, 1.54) is 24.0 Å². The molecule has 4 N–H and O–H groups in total. The Balaban J connectivity index is 0.000000138. The molecule has 0 spiro atoms. The predicted octanol–water partition coefficient (Wildman–Crippen LogP) is 18.2. The minimum atomic E-state index is -0.144. The standard InChI is InChI=1S/C27H35N5O3.C25H28N4O3.C21H19N3O3.C18H19N3O4/c1-5-32(6-2)15-14-28-17-20-18-29-22-11-9-10-21(25(20)22)26-30-27(35-31-26)19-12-13-23(33-7-3)24(16-19)34-8-4;1-3-30-21-11-10-17(14-22(21)31-4-2)25-27-24(28-32-25)19-8-7-9-20-23(19)18(15-26-20)16-29-12-5-6-13-29;1-3-25-18-10-9-15(12-19(18)26-4-2)21-23-20(24-27-21)17-11-14-7-5-6-8-16(14)13-22-17;1-3-23-15-6-5-13(10-16(15)24-4-2)18-20-17(21-25-18)12-7-8-19-14(9-12)11-22/h9-13,16,18,28-29H,5-8,14-15,17H2,1-4H3;7-11,14-15,26H,3-6,12-13,16H2,1-2H3;5-13H,3-4H2,1-2H3;5-10,22H,3-4,11H2,1-2H3. The molecular weight excluding hydrogens is 1510 g/mol. The molecule has 16 rings (SSSR count). The number of aliphatic hydroxyl groups is 1. The van der Waals surface area contributed by atoms with Crippen molar-refractivity contribution in [3.63, 3.8) is 0 Å². The summed E-state index contributed by atoms with van der Waals surface area (Å²) in [7, 11) is 0. The maximum absolute atomic E-state index is 9.19. The molecule has 0 radical (unpaired) electrons. The number of likely N-dealkylation sites (N-methyl/N-ethyl adjacent to an activating group) is 1. The summed E-state index contributed by atoms with van der Waals surface area (Å²) < 4.78 is 67.4. The van der Waals surface area contributed by atoms with E-state index in [0.29, 0.717) is 157 Å². The summed E-state index contributed by atoms with van der Waals surface area (Å²) >= 11 is 0. The number of rotatable bonds is 34. The number of ether oxygens (including phenoxy) is 8. The Morgan fingerprint density at radius 2 is 0.840 bits per heavy atom. The molecule has 15 aromatic rings. The van der Waals surface area contributed by atoms with E-state index in [1.54, 1.807) is 18.3 Å². The van der Waals surface area contributed by atoms with Crippen LogP contribution >= 0.6 is 0 Å². The smallest absolute Gasteiger partial charge is 0.258 e. The van der Waals surface area contributed by atoms with Crippen molar-refractivity contribution in [3.8, 4) is 137 Å². The number of aromatic amines is 2. The second-order valence-electron chi connectivity index (χ2n) is 27.2. The number of fused-ring (bicyclic) bond motifs is 3. The van der Waals surface area contributed by atoms with Crippen LogP contribution in [0.5, 0.6) is 46.0 Å². The number of hydrogen-bond acceptors (Lipinski definition) is 26. The van der Waals surface area contributed by atoms with Gasteiger partial charge in [0.25, 0.3) is 23.6 Å². The third kappa shape index (κ3) is 20.9. The van der Waals surface area contributed by atoms with E-state index < -0.39 is 0 Å². The average Bonchev–Trinajstić information content (AvgIpc) is 1.64. The molecule has 0 saturated carbocycles. The third-order valence-corrected chi connectivity index (χ3v) is 19.4. The number of likely N-dealkylation sites (tertiary alicyclic amines) is 1. The molecule has 0 amide bonds. The van der Waals surface area contributed by atoms with Crippen LogP contribution in [0.25, 0.3) is 124 Å². The van der Waals surface area contributed by atoms with Gasteiger partial charge in [-0.05, 0) is 214 Å². The number of nitrogens with zero attached hydrogens (tertiary/aromatic N) is 12. The monoisotopic (exact) mass is 1610 g/mol. The molecule has 1 aliphatic rings. The summed E-state index contributed by atoms with van der Waals surface area (Å²) in [6.07, 6.45) is 10.1. The van der Waals surface area contributed by atoms with Gasteiger partial charge in [0.1, 0.15) is 5.69 Å². The van der Waals surface area contributed by atoms with Gasteiger partial charge in [-0.2, -0.15) is 19.9 Å². The zero-order chi connectivity index (χ0) is 82.8. The van der Waals surface area contributed by atoms with Gasteiger partial charge in [-0.25, -0.2) is 0 Å². The van der Waals surface area contributed by atoms with E-state index in [4.69, 9.17) is 66.0 Å². The van der Waals surface area contributed by atoms with Crippen molar-refractivity contribution >= 4 is 32.6 Å². The molecule has 9 heterocycles. The fourth-order valence-electron chi connectivity index (χ4n) is 13.8. The third-order valence-electron chi connectivity index (χ3n) is 19.4. The van der Waals surface area contributed by atoms with Crippen LogP contribution in [0.2, 0.25) is 0 Å². The summed E-state index contributed by atoms with van der Waals surface area (Å²) in [5, 5.41) is 33.9. The maximum Gasteiger partial charge on any atom is 0.258 e. The summed E-state index contributed by atoms with van der Waals surface area (Å²) in [5.74, 6) is 9.10. The highest BCUT2D eigenvalue weighted by Crippen LogP contribution is 2.40. The molecule has 1 saturated heterocycles. The highest BCUT2D eigenvalue weighted by Gasteiger charge is 2.24. The zero-order valence-corrected chi connectivity index (χ0v) is 68.9. The van der Waals surface area contributed by atoms with E-state index in [1.807, 2.05) is 183 Å². The Kier molecular flexibility index (Phi) is 29.4. The van der Waals surface area contributed by atoms with E-state index in [2.05, 4.69) is 110 Å². The molecule has 7 aromatic carbocycles. The minimum absolute atomic E-state index is 0.144. The van der Waals surface area contributed by atoms with Gasteiger partial charge in [0.05, 0.1) is 65.2 Å². The van der Waals surface area contributed by atoms with Crippen LogP contribution in [0.1, 0.15) is 98.9 Å². The minimum Gasteiger partial charge on any atom is -0.490 e. The number of hydrogen-bond donors (Lipinski definition) is 4. The van der Waals surface area contributed by atoms with Crippen molar-refractivity contribution in [1.82, 2.24) is 75.6 Å². The van der Waals surface area contributed by atoms with Crippen LogP contribution in [0, 0.1) is 0 Å². The van der Waals surface area contributed by atoms with Crippen LogP contribution in [0.3, 0.4) is 0 Å². The first-order valence-electron chi connectivity index (χ1n) is 40.7. The summed E-state index contributed by atoms with van der Waals surface area (Å²) in [6.45, 7) is 32.3. The molecule has 618 valence electrons. The normalized spacial score (nSPS) is 11.9. The molecule has 0 unspecified atom stereocenters. The van der Waals surface area contributed by atoms with Gasteiger partial charge in [-0.1, -0.05) is 83.0 Å². The van der Waals surface area contributed by atoms with Gasteiger partial charge in [0, 0.05) is 117 Å². The molecular formula is C91H101N15O13. The Labute approximate surface area is 690 Å². The lowest BCUT2D eigenvalue weighted by Gasteiger charge is -2.17. The van der Waals surface area contributed by atoms with E-state index in [9.17, 15) is 5.11 Å². The second kappa shape index (κ2) is 41.7. The number of benzene rings is 7. The Morgan fingerprint density at radius 1 is 0.420 bits per heavy atom. The topological polar surface area (TPSA) is 326 Å². The first-order valence-corrected chi connectivity index (χ1v) is 40.7. The lowest BCUT2D eigenvalue weighted by Crippen LogP contribution is -2.31. The first-order chi connectivity index (χ1) is 58.5. The highest BCUT2D eigenvalue weighted by atomic mass is 16.5. The number of pyridine rings is 2. The van der Waals surface area contributed by atoms with E-state index in [-0.39, 0.29) is 6.61 Å². The number of aromatic nitrogens is 12. The molecule has 8 aromatic heterocycles. The van der Waals surface area contributed by atoms with Crippen LogP contribution in [0.4, 0.5) is 0 Å². The van der Waals surface area contributed by atoms with Crippen molar-refractivity contribution in [3.05, 3.63) is 193 Å². The quantitative estimate of drug-likeness (QED) is 0.0272. The van der Waals surface area contributed by atoms with Gasteiger partial charge in [-0.15, -0.1) is 0 Å². The fraction of sp³-hybridized carbons (Fsp3) is 0.319. The van der Waals surface area contributed by atoms with Crippen LogP contribution in [-0.2, 0) is 19.7 Å². The summed E-state index contributed by atoms with van der Waals surface area (Å²) in [6, 6.07) is 48.2.